The zero-order valence-corrected chi connectivity index (χ0v) is 19.2. The number of carbonyl (C=O) groups is 2. The lowest BCUT2D eigenvalue weighted by Gasteiger charge is -2.14. The second kappa shape index (κ2) is 9.57. The van der Waals surface area contributed by atoms with Gasteiger partial charge in [-0.05, 0) is 86.6 Å². The van der Waals surface area contributed by atoms with Crippen LogP contribution in [-0.4, -0.2) is 28.1 Å². The first-order valence-corrected chi connectivity index (χ1v) is 11.4. The van der Waals surface area contributed by atoms with E-state index in [0.717, 1.165) is 48.2 Å². The molecule has 0 bridgehead atoms. The van der Waals surface area contributed by atoms with Crippen molar-refractivity contribution in [2.45, 2.75) is 46.5 Å². The van der Waals surface area contributed by atoms with Crippen LogP contribution in [-0.2, 0) is 12.8 Å². The van der Waals surface area contributed by atoms with Gasteiger partial charge in [0.1, 0.15) is 5.82 Å². The topological polar surface area (TPSA) is 76.0 Å². The lowest BCUT2D eigenvalue weighted by Crippen LogP contribution is -2.27. The third kappa shape index (κ3) is 4.97. The molecule has 1 heterocycles. The summed E-state index contributed by atoms with van der Waals surface area (Å²) < 4.78 is 15.2. The van der Waals surface area contributed by atoms with Gasteiger partial charge in [0.15, 0.2) is 5.69 Å². The summed E-state index contributed by atoms with van der Waals surface area (Å²) in [6.45, 7) is 6.56. The van der Waals surface area contributed by atoms with Crippen LogP contribution in [0, 0.1) is 18.7 Å². The maximum Gasteiger partial charge on any atom is 0.276 e. The maximum absolute atomic E-state index is 13.4. The van der Waals surface area contributed by atoms with Crippen molar-refractivity contribution < 1.29 is 14.0 Å². The minimum atomic E-state index is -0.311. The van der Waals surface area contributed by atoms with Gasteiger partial charge in [0, 0.05) is 29.1 Å². The third-order valence-corrected chi connectivity index (χ3v) is 5.87. The van der Waals surface area contributed by atoms with Crippen molar-refractivity contribution in [3.8, 4) is 5.69 Å². The number of aryl methyl sites for hydroxylation is 1. The fraction of sp³-hybridized carbons (Fsp3) is 0.346. The molecule has 0 fully saturated rings. The summed E-state index contributed by atoms with van der Waals surface area (Å²) in [6.07, 6.45) is 3.64. The summed E-state index contributed by atoms with van der Waals surface area (Å²) in [7, 11) is 0. The number of nitrogens with one attached hydrogen (secondary N) is 2. The molecule has 1 aliphatic rings. The van der Waals surface area contributed by atoms with Gasteiger partial charge in [-0.3, -0.25) is 9.59 Å². The van der Waals surface area contributed by atoms with E-state index in [2.05, 4.69) is 15.7 Å². The number of amides is 2. The summed E-state index contributed by atoms with van der Waals surface area (Å²) in [6, 6.07) is 11.4. The van der Waals surface area contributed by atoms with E-state index in [0.29, 0.717) is 29.4 Å². The molecule has 1 aromatic heterocycles. The molecule has 2 N–H and O–H groups in total. The quantitative estimate of drug-likeness (QED) is 0.567. The van der Waals surface area contributed by atoms with Crippen molar-refractivity contribution in [3.05, 3.63) is 76.4 Å². The SMILES string of the molecule is Cc1cc(C(=O)NCC(C)C)ccc1NC(=O)c1nn(-c2ccc(F)cc2)c2c1CCCC2. The van der Waals surface area contributed by atoms with Gasteiger partial charge in [-0.25, -0.2) is 9.07 Å². The molecule has 2 amide bonds. The highest BCUT2D eigenvalue weighted by Crippen LogP contribution is 2.28. The molecule has 33 heavy (non-hydrogen) atoms. The molecule has 0 aliphatic heterocycles. The van der Waals surface area contributed by atoms with Gasteiger partial charge in [0.2, 0.25) is 0 Å². The normalized spacial score (nSPS) is 13.0. The van der Waals surface area contributed by atoms with Gasteiger partial charge in [0.05, 0.1) is 5.69 Å². The number of rotatable bonds is 6. The van der Waals surface area contributed by atoms with Crippen molar-refractivity contribution in [2.75, 3.05) is 11.9 Å². The lowest BCUT2D eigenvalue weighted by molar-refractivity contribution is 0.0948. The monoisotopic (exact) mass is 448 g/mol. The summed E-state index contributed by atoms with van der Waals surface area (Å²) in [4.78, 5) is 25.5. The van der Waals surface area contributed by atoms with Crippen LogP contribution in [0.2, 0.25) is 0 Å². The molecule has 0 spiro atoms. The Hall–Kier alpha value is -3.48. The Labute approximate surface area is 193 Å². The number of anilines is 1. The summed E-state index contributed by atoms with van der Waals surface area (Å²) >= 11 is 0. The number of hydrogen-bond acceptors (Lipinski definition) is 3. The molecule has 0 saturated carbocycles. The number of fused-ring (bicyclic) bond motifs is 1. The van der Waals surface area contributed by atoms with Crippen molar-refractivity contribution in [1.82, 2.24) is 15.1 Å². The fourth-order valence-electron chi connectivity index (χ4n) is 4.10. The van der Waals surface area contributed by atoms with E-state index < -0.39 is 0 Å². The van der Waals surface area contributed by atoms with Crippen LogP contribution in [0.4, 0.5) is 10.1 Å². The van der Waals surface area contributed by atoms with Crippen LogP contribution in [0.15, 0.2) is 42.5 Å². The number of aromatic nitrogens is 2. The number of benzene rings is 2. The van der Waals surface area contributed by atoms with Crippen LogP contribution in [0.25, 0.3) is 5.69 Å². The molecule has 0 radical (unpaired) electrons. The van der Waals surface area contributed by atoms with Gasteiger partial charge in [0.25, 0.3) is 11.8 Å². The molecule has 3 aromatic rings. The van der Waals surface area contributed by atoms with Crippen molar-refractivity contribution in [1.29, 1.82) is 0 Å². The summed E-state index contributed by atoms with van der Waals surface area (Å²) in [5, 5.41) is 10.5. The van der Waals surface area contributed by atoms with Crippen LogP contribution < -0.4 is 10.6 Å². The van der Waals surface area contributed by atoms with Gasteiger partial charge in [-0.15, -0.1) is 0 Å². The molecule has 172 valence electrons. The smallest absolute Gasteiger partial charge is 0.276 e. The van der Waals surface area contributed by atoms with E-state index in [1.54, 1.807) is 35.0 Å². The standard InChI is InChI=1S/C26H29FN4O2/c1-16(2)15-28-25(32)18-8-13-22(17(3)14-18)29-26(33)24-21-6-4-5-7-23(21)31(30-24)20-11-9-19(27)10-12-20/h8-14,16H,4-7,15H2,1-3H3,(H,28,32)(H,29,33). The zero-order chi connectivity index (χ0) is 23.5. The Morgan fingerprint density at radius 1 is 1.06 bits per heavy atom. The van der Waals surface area contributed by atoms with Crippen molar-refractivity contribution >= 4 is 17.5 Å². The largest absolute Gasteiger partial charge is 0.352 e. The molecule has 0 unspecified atom stereocenters. The first-order valence-electron chi connectivity index (χ1n) is 11.4. The van der Waals surface area contributed by atoms with Crippen LogP contribution >= 0.6 is 0 Å². The molecule has 2 aromatic carbocycles. The zero-order valence-electron chi connectivity index (χ0n) is 19.2. The summed E-state index contributed by atoms with van der Waals surface area (Å²) in [5.41, 5.74) is 5.09. The predicted octanol–water partition coefficient (Wildman–Crippen LogP) is 4.84. The Morgan fingerprint density at radius 3 is 2.48 bits per heavy atom. The van der Waals surface area contributed by atoms with E-state index in [1.165, 1.54) is 12.1 Å². The number of nitrogens with zero attached hydrogens (tertiary/aromatic N) is 2. The molecule has 0 saturated heterocycles. The highest BCUT2D eigenvalue weighted by atomic mass is 19.1. The Morgan fingerprint density at radius 2 is 1.79 bits per heavy atom. The van der Waals surface area contributed by atoms with Crippen molar-refractivity contribution in [3.63, 3.8) is 0 Å². The van der Waals surface area contributed by atoms with Gasteiger partial charge in [-0.2, -0.15) is 5.10 Å². The highest BCUT2D eigenvalue weighted by Gasteiger charge is 2.26. The maximum atomic E-state index is 13.4. The van der Waals surface area contributed by atoms with E-state index in [4.69, 9.17) is 0 Å². The predicted molar refractivity (Wildman–Crippen MR) is 126 cm³/mol. The molecular formula is C26H29FN4O2. The van der Waals surface area contributed by atoms with Gasteiger partial charge < -0.3 is 10.6 Å². The first-order chi connectivity index (χ1) is 15.8. The number of hydrogen-bond donors (Lipinski definition) is 2. The van der Waals surface area contributed by atoms with Crippen molar-refractivity contribution in [2.24, 2.45) is 5.92 Å². The molecular weight excluding hydrogens is 419 g/mol. The van der Waals surface area contributed by atoms with Crippen LogP contribution in [0.1, 0.15) is 64.4 Å². The Bertz CT molecular complexity index is 1180. The van der Waals surface area contributed by atoms with Crippen LogP contribution in [0.5, 0.6) is 0 Å². The summed E-state index contributed by atoms with van der Waals surface area (Å²) in [5.74, 6) is -0.352. The average molecular weight is 449 g/mol. The molecule has 4 rings (SSSR count). The lowest BCUT2D eigenvalue weighted by atomic mass is 9.95. The second-order valence-electron chi connectivity index (χ2n) is 8.96. The number of carbonyl (C=O) groups excluding carboxylic acids is 2. The average Bonchev–Trinajstić information content (AvgIpc) is 3.19. The third-order valence-electron chi connectivity index (χ3n) is 5.87. The molecule has 6 nitrogen and oxygen atoms in total. The van der Waals surface area contributed by atoms with Gasteiger partial charge in [-0.1, -0.05) is 13.8 Å². The molecule has 1 aliphatic carbocycles. The van der Waals surface area contributed by atoms with E-state index in [1.807, 2.05) is 20.8 Å². The van der Waals surface area contributed by atoms with Crippen LogP contribution in [0.3, 0.4) is 0 Å². The minimum absolute atomic E-state index is 0.128. The Balaban J connectivity index is 1.57. The fourth-order valence-corrected chi connectivity index (χ4v) is 4.10. The number of halogens is 1. The van der Waals surface area contributed by atoms with E-state index in [9.17, 15) is 14.0 Å². The second-order valence-corrected chi connectivity index (χ2v) is 8.96. The van der Waals surface area contributed by atoms with E-state index >= 15 is 0 Å². The Kier molecular flexibility index (Phi) is 6.58. The minimum Gasteiger partial charge on any atom is -0.352 e. The molecule has 0 atom stereocenters. The molecule has 7 heteroatoms. The highest BCUT2D eigenvalue weighted by molar-refractivity contribution is 6.05. The first kappa shape index (κ1) is 22.7. The van der Waals surface area contributed by atoms with E-state index in [-0.39, 0.29) is 17.6 Å². The van der Waals surface area contributed by atoms with Gasteiger partial charge >= 0.3 is 0 Å².